The Morgan fingerprint density at radius 1 is 1.10 bits per heavy atom. The summed E-state index contributed by atoms with van der Waals surface area (Å²) in [6.45, 7) is 0.356. The molecule has 0 aliphatic carbocycles. The van der Waals surface area contributed by atoms with Gasteiger partial charge in [0.2, 0.25) is 5.91 Å². The Hall–Kier alpha value is -3.36. The van der Waals surface area contributed by atoms with Gasteiger partial charge in [0.05, 0.1) is 12.3 Å². The average Bonchev–Trinajstić information content (AvgIpc) is 3.19. The number of fused-ring (bicyclic) bond motifs is 1. The molecule has 0 saturated heterocycles. The lowest BCUT2D eigenvalue weighted by Crippen LogP contribution is -2.32. The number of hydrogen-bond donors (Lipinski definition) is 3. The zero-order valence-corrected chi connectivity index (χ0v) is 16.3. The average molecular weight is 405 g/mol. The van der Waals surface area contributed by atoms with Crippen molar-refractivity contribution in [3.63, 3.8) is 0 Å². The van der Waals surface area contributed by atoms with E-state index in [1.807, 2.05) is 60.7 Å². The second-order valence-corrected chi connectivity index (χ2v) is 7.36. The summed E-state index contributed by atoms with van der Waals surface area (Å²) >= 11 is 1.18. The third-order valence-corrected chi connectivity index (χ3v) is 5.49. The Morgan fingerprint density at radius 3 is 2.48 bits per heavy atom. The molecule has 0 bridgehead atoms. The van der Waals surface area contributed by atoms with Gasteiger partial charge >= 0.3 is 0 Å². The van der Waals surface area contributed by atoms with Crippen LogP contribution < -0.4 is 16.8 Å². The van der Waals surface area contributed by atoms with Crippen LogP contribution in [0.25, 0.3) is 22.2 Å². The van der Waals surface area contributed by atoms with Gasteiger partial charge in [-0.1, -0.05) is 72.4 Å². The molecule has 0 spiro atoms. The minimum absolute atomic E-state index is 0.0638. The number of hydrogen-bond acceptors (Lipinski definition) is 5. The van der Waals surface area contributed by atoms with Crippen LogP contribution >= 0.6 is 11.8 Å². The number of carbonyl (C=O) groups excluding carboxylic acids is 1. The molecule has 0 unspecified atom stereocenters. The summed E-state index contributed by atoms with van der Waals surface area (Å²) in [5, 5.41) is 0.465. The third kappa shape index (κ3) is 3.94. The van der Waals surface area contributed by atoms with Crippen LogP contribution in [0.15, 0.2) is 76.8 Å². The Balaban J connectivity index is 1.85. The third-order valence-electron chi connectivity index (χ3n) is 4.51. The van der Waals surface area contributed by atoms with Crippen LogP contribution in [-0.4, -0.2) is 26.2 Å². The molecule has 4 aromatic rings. The lowest BCUT2D eigenvalue weighted by atomic mass is 10.1. The maximum atomic E-state index is 13.3. The summed E-state index contributed by atoms with van der Waals surface area (Å²) in [5.74, 6) is 4.92. The van der Waals surface area contributed by atoms with Crippen LogP contribution in [0.3, 0.4) is 0 Å². The summed E-state index contributed by atoms with van der Waals surface area (Å²) in [7, 11) is 0. The smallest absolute Gasteiger partial charge is 0.278 e. The molecule has 0 aliphatic rings. The molecule has 4 rings (SSSR count). The van der Waals surface area contributed by atoms with E-state index in [4.69, 9.17) is 10.8 Å². The van der Waals surface area contributed by atoms with E-state index in [1.54, 1.807) is 10.8 Å². The molecule has 7 nitrogen and oxygen atoms in total. The monoisotopic (exact) mass is 405 g/mol. The highest BCUT2D eigenvalue weighted by Crippen LogP contribution is 2.27. The maximum Gasteiger partial charge on any atom is 0.278 e. The number of nitrogens with two attached hydrogens (primary N) is 1. The molecular weight excluding hydrogens is 386 g/mol. The fraction of sp³-hybridized carbons (Fsp3) is 0.0952. The molecule has 146 valence electrons. The number of H-pyrrole nitrogens is 1. The minimum atomic E-state index is -0.340. The standard InChI is InChI=1S/C21H19N5O2S/c22-25-17(27)13-29-21-24-18-16(15-9-5-2-6-10-15)11-23-19(18)20(28)26(21)12-14-7-3-1-4-8-14/h1-11,23H,12-13,22H2,(H,25,27). The van der Waals surface area contributed by atoms with Gasteiger partial charge in [-0.25, -0.2) is 10.8 Å². The van der Waals surface area contributed by atoms with Crippen LogP contribution in [0.5, 0.6) is 0 Å². The van der Waals surface area contributed by atoms with Gasteiger partial charge < -0.3 is 4.98 Å². The SMILES string of the molecule is NNC(=O)CSc1nc2c(-c3ccccc3)c[nH]c2c(=O)n1Cc1ccccc1. The van der Waals surface area contributed by atoms with Gasteiger partial charge in [-0.15, -0.1) is 0 Å². The zero-order valence-electron chi connectivity index (χ0n) is 15.5. The van der Waals surface area contributed by atoms with E-state index in [-0.39, 0.29) is 17.2 Å². The highest BCUT2D eigenvalue weighted by molar-refractivity contribution is 7.99. The van der Waals surface area contributed by atoms with Crippen molar-refractivity contribution in [3.8, 4) is 11.1 Å². The first kappa shape index (κ1) is 19.0. The largest absolute Gasteiger partial charge is 0.355 e. The Bertz CT molecular complexity index is 1200. The molecule has 2 heterocycles. The number of nitrogens with zero attached hydrogens (tertiary/aromatic N) is 2. The summed E-state index contributed by atoms with van der Waals surface area (Å²) in [5.41, 5.74) is 5.72. The molecule has 1 amide bonds. The fourth-order valence-electron chi connectivity index (χ4n) is 3.10. The first-order valence-corrected chi connectivity index (χ1v) is 9.99. The van der Waals surface area contributed by atoms with Crippen molar-refractivity contribution in [1.29, 1.82) is 0 Å². The molecule has 4 N–H and O–H groups in total. The summed E-state index contributed by atoms with van der Waals surface area (Å²) in [6, 6.07) is 19.4. The van der Waals surface area contributed by atoms with Crippen molar-refractivity contribution in [3.05, 3.63) is 82.8 Å². The normalized spacial score (nSPS) is 10.9. The molecule has 2 aromatic carbocycles. The topological polar surface area (TPSA) is 106 Å². The lowest BCUT2D eigenvalue weighted by molar-refractivity contribution is -0.118. The van der Waals surface area contributed by atoms with Crippen LogP contribution in [-0.2, 0) is 11.3 Å². The van der Waals surface area contributed by atoms with Crippen molar-refractivity contribution in [2.45, 2.75) is 11.7 Å². The van der Waals surface area contributed by atoms with E-state index in [0.717, 1.165) is 16.7 Å². The molecule has 2 aromatic heterocycles. The van der Waals surface area contributed by atoms with Gasteiger partial charge in [-0.05, 0) is 11.1 Å². The highest BCUT2D eigenvalue weighted by Gasteiger charge is 2.17. The van der Waals surface area contributed by atoms with Crippen molar-refractivity contribution in [1.82, 2.24) is 20.0 Å². The van der Waals surface area contributed by atoms with Gasteiger partial charge in [-0.3, -0.25) is 19.6 Å². The number of aromatic nitrogens is 3. The fourth-order valence-corrected chi connectivity index (χ4v) is 3.90. The number of rotatable bonds is 6. The minimum Gasteiger partial charge on any atom is -0.355 e. The van der Waals surface area contributed by atoms with Gasteiger partial charge in [-0.2, -0.15) is 0 Å². The zero-order chi connectivity index (χ0) is 20.2. The number of nitrogens with one attached hydrogen (secondary N) is 2. The summed E-state index contributed by atoms with van der Waals surface area (Å²) < 4.78 is 1.58. The predicted molar refractivity (Wildman–Crippen MR) is 114 cm³/mol. The Kier molecular flexibility index (Phi) is 5.46. The number of amides is 1. The summed E-state index contributed by atoms with van der Waals surface area (Å²) in [6.07, 6.45) is 1.79. The van der Waals surface area contributed by atoms with Crippen LogP contribution in [0, 0.1) is 0 Å². The van der Waals surface area contributed by atoms with E-state index in [9.17, 15) is 9.59 Å². The highest BCUT2D eigenvalue weighted by atomic mass is 32.2. The number of hydrazine groups is 1. The van der Waals surface area contributed by atoms with Gasteiger partial charge in [0.25, 0.3) is 5.56 Å². The molecule has 0 aliphatic heterocycles. The van der Waals surface area contributed by atoms with Crippen LogP contribution in [0.4, 0.5) is 0 Å². The van der Waals surface area contributed by atoms with Gasteiger partial charge in [0.1, 0.15) is 11.0 Å². The number of thioether (sulfide) groups is 1. The molecule has 0 atom stereocenters. The summed E-state index contributed by atoms with van der Waals surface area (Å²) in [4.78, 5) is 32.8. The van der Waals surface area contributed by atoms with E-state index >= 15 is 0 Å². The molecular formula is C21H19N5O2S. The van der Waals surface area contributed by atoms with E-state index in [1.165, 1.54) is 11.8 Å². The second-order valence-electron chi connectivity index (χ2n) is 6.42. The molecule has 29 heavy (non-hydrogen) atoms. The van der Waals surface area contributed by atoms with Gasteiger partial charge in [0.15, 0.2) is 5.16 Å². The van der Waals surface area contributed by atoms with Crippen molar-refractivity contribution < 1.29 is 4.79 Å². The molecule has 0 radical (unpaired) electrons. The Morgan fingerprint density at radius 2 is 1.79 bits per heavy atom. The Labute approximate surface area is 170 Å². The van der Waals surface area contributed by atoms with Gasteiger partial charge in [0, 0.05) is 11.8 Å². The van der Waals surface area contributed by atoms with E-state index in [0.29, 0.717) is 22.7 Å². The van der Waals surface area contributed by atoms with Crippen LogP contribution in [0.1, 0.15) is 5.56 Å². The number of carbonyl (C=O) groups is 1. The molecule has 8 heteroatoms. The first-order valence-electron chi connectivity index (χ1n) is 9.01. The molecule has 0 saturated carbocycles. The predicted octanol–water partition coefficient (Wildman–Crippen LogP) is 2.52. The van der Waals surface area contributed by atoms with Crippen LogP contribution in [0.2, 0.25) is 0 Å². The molecule has 0 fully saturated rings. The second kappa shape index (κ2) is 8.34. The number of benzene rings is 2. The van der Waals surface area contributed by atoms with E-state index in [2.05, 4.69) is 10.4 Å². The number of aromatic amines is 1. The quantitative estimate of drug-likeness (QED) is 0.150. The lowest BCUT2D eigenvalue weighted by Gasteiger charge is -2.12. The van der Waals surface area contributed by atoms with Crippen molar-refractivity contribution in [2.24, 2.45) is 5.84 Å². The maximum absolute atomic E-state index is 13.3. The van der Waals surface area contributed by atoms with E-state index < -0.39 is 0 Å². The first-order chi connectivity index (χ1) is 14.2. The van der Waals surface area contributed by atoms with Crippen molar-refractivity contribution >= 4 is 28.7 Å². The van der Waals surface area contributed by atoms with Crippen molar-refractivity contribution in [2.75, 3.05) is 5.75 Å².